The van der Waals surface area contributed by atoms with Crippen molar-refractivity contribution in [2.45, 2.75) is 25.0 Å². The molecule has 106 valence electrons. The fourth-order valence-corrected chi connectivity index (χ4v) is 2.77. The summed E-state index contributed by atoms with van der Waals surface area (Å²) in [5.74, 6) is 0. The number of allylic oxidation sites excluding steroid dienone is 2. The molecule has 1 saturated heterocycles. The highest BCUT2D eigenvalue weighted by atomic mass is 16.3. The van der Waals surface area contributed by atoms with Crippen LogP contribution in [-0.2, 0) is 0 Å². The molecule has 1 aromatic carbocycles. The van der Waals surface area contributed by atoms with Gasteiger partial charge in [0.25, 0.3) is 0 Å². The molecule has 0 radical (unpaired) electrons. The zero-order valence-corrected chi connectivity index (χ0v) is 12.1. The second-order valence-electron chi connectivity index (χ2n) is 5.40. The van der Waals surface area contributed by atoms with Crippen molar-refractivity contribution in [1.82, 2.24) is 4.90 Å². The fourth-order valence-electron chi connectivity index (χ4n) is 2.77. The van der Waals surface area contributed by atoms with Crippen LogP contribution in [-0.4, -0.2) is 28.7 Å². The minimum absolute atomic E-state index is 0.138. The standard InChI is InChI=1S/C18H23NO/c1-4-10-15(5-2)17(16-11-8-7-9-12-16)19-13-18(20,6-3)14-19/h4-5,7-12,17,20H,1-2,6,13-14H2,3H3/b15-10+. The summed E-state index contributed by atoms with van der Waals surface area (Å²) in [7, 11) is 0. The summed E-state index contributed by atoms with van der Waals surface area (Å²) < 4.78 is 0. The molecule has 0 amide bonds. The lowest BCUT2D eigenvalue weighted by Gasteiger charge is -2.50. The Morgan fingerprint density at radius 2 is 2.00 bits per heavy atom. The predicted molar refractivity (Wildman–Crippen MR) is 84.5 cm³/mol. The number of likely N-dealkylation sites (tertiary alicyclic amines) is 1. The monoisotopic (exact) mass is 269 g/mol. The minimum atomic E-state index is -0.534. The lowest BCUT2D eigenvalue weighted by Crippen LogP contribution is -2.62. The molecule has 1 N–H and O–H groups in total. The largest absolute Gasteiger partial charge is 0.387 e. The van der Waals surface area contributed by atoms with Gasteiger partial charge in [-0.2, -0.15) is 0 Å². The smallest absolute Gasteiger partial charge is 0.0898 e. The van der Waals surface area contributed by atoms with Gasteiger partial charge in [0.1, 0.15) is 0 Å². The van der Waals surface area contributed by atoms with Gasteiger partial charge in [0.15, 0.2) is 0 Å². The third-order valence-electron chi connectivity index (χ3n) is 4.00. The van der Waals surface area contributed by atoms with Crippen LogP contribution >= 0.6 is 0 Å². The minimum Gasteiger partial charge on any atom is -0.387 e. The first-order valence-corrected chi connectivity index (χ1v) is 7.10. The molecule has 1 atom stereocenters. The first-order valence-electron chi connectivity index (χ1n) is 7.10. The third kappa shape index (κ3) is 2.92. The Labute approximate surface area is 121 Å². The van der Waals surface area contributed by atoms with Gasteiger partial charge in [0.05, 0.1) is 11.6 Å². The summed E-state index contributed by atoms with van der Waals surface area (Å²) in [6.07, 6.45) is 6.45. The fraction of sp³-hybridized carbons (Fsp3) is 0.333. The number of β-amino-alcohol motifs (C(OH)–C–C–N with tert-alkyl or cyclic N) is 1. The Morgan fingerprint density at radius 1 is 1.35 bits per heavy atom. The molecular weight excluding hydrogens is 246 g/mol. The highest BCUT2D eigenvalue weighted by Gasteiger charge is 2.43. The van der Waals surface area contributed by atoms with E-state index in [0.717, 1.165) is 12.0 Å². The van der Waals surface area contributed by atoms with E-state index >= 15 is 0 Å². The van der Waals surface area contributed by atoms with E-state index in [4.69, 9.17) is 0 Å². The molecule has 1 fully saturated rings. The number of aliphatic hydroxyl groups is 1. The Kier molecular flexibility index (Phi) is 4.58. The Balaban J connectivity index is 2.29. The number of nitrogens with zero attached hydrogens (tertiary/aromatic N) is 1. The van der Waals surface area contributed by atoms with Crippen molar-refractivity contribution in [1.29, 1.82) is 0 Å². The van der Waals surface area contributed by atoms with Crippen molar-refractivity contribution in [2.24, 2.45) is 0 Å². The molecule has 0 aromatic heterocycles. The summed E-state index contributed by atoms with van der Waals surface area (Å²) in [6, 6.07) is 10.5. The molecule has 1 aromatic rings. The van der Waals surface area contributed by atoms with E-state index in [1.54, 1.807) is 6.08 Å². The second kappa shape index (κ2) is 6.21. The van der Waals surface area contributed by atoms with E-state index in [1.807, 2.05) is 37.3 Å². The zero-order chi connectivity index (χ0) is 14.6. The molecule has 2 nitrogen and oxygen atoms in total. The molecule has 1 unspecified atom stereocenters. The van der Waals surface area contributed by atoms with Crippen molar-refractivity contribution in [3.8, 4) is 0 Å². The van der Waals surface area contributed by atoms with Crippen molar-refractivity contribution >= 4 is 0 Å². The van der Waals surface area contributed by atoms with Crippen molar-refractivity contribution in [2.75, 3.05) is 13.1 Å². The SMILES string of the molecule is C=C/C=C(\C=C)C(c1ccccc1)N1CC(O)(CC)C1. The van der Waals surface area contributed by atoms with Crippen LogP contribution in [0.5, 0.6) is 0 Å². The maximum absolute atomic E-state index is 10.3. The van der Waals surface area contributed by atoms with E-state index in [1.165, 1.54) is 5.56 Å². The van der Waals surface area contributed by atoms with Crippen molar-refractivity contribution in [3.63, 3.8) is 0 Å². The van der Waals surface area contributed by atoms with Crippen LogP contribution in [0.4, 0.5) is 0 Å². The molecule has 1 aliphatic rings. The van der Waals surface area contributed by atoms with Gasteiger partial charge in [-0.25, -0.2) is 0 Å². The molecule has 0 spiro atoms. The maximum Gasteiger partial charge on any atom is 0.0898 e. The average molecular weight is 269 g/mol. The summed E-state index contributed by atoms with van der Waals surface area (Å²) in [4.78, 5) is 2.29. The number of hydrogen-bond donors (Lipinski definition) is 1. The molecule has 0 saturated carbocycles. The van der Waals surface area contributed by atoms with E-state index in [2.05, 4.69) is 30.2 Å². The average Bonchev–Trinajstić information content (AvgIpc) is 2.45. The third-order valence-corrected chi connectivity index (χ3v) is 4.00. The van der Waals surface area contributed by atoms with E-state index in [0.29, 0.717) is 13.1 Å². The lowest BCUT2D eigenvalue weighted by molar-refractivity contribution is -0.112. The summed E-state index contributed by atoms with van der Waals surface area (Å²) >= 11 is 0. The Hall–Kier alpha value is -1.64. The molecule has 0 aliphatic carbocycles. The van der Waals surface area contributed by atoms with Crippen LogP contribution in [0, 0.1) is 0 Å². The molecular formula is C18H23NO. The number of rotatable bonds is 6. The van der Waals surface area contributed by atoms with E-state index in [-0.39, 0.29) is 6.04 Å². The van der Waals surface area contributed by atoms with E-state index in [9.17, 15) is 5.11 Å². The van der Waals surface area contributed by atoms with Gasteiger partial charge in [-0.1, -0.05) is 68.6 Å². The highest BCUT2D eigenvalue weighted by molar-refractivity contribution is 5.36. The molecule has 0 bridgehead atoms. The van der Waals surface area contributed by atoms with Gasteiger partial charge in [0.2, 0.25) is 0 Å². The van der Waals surface area contributed by atoms with Crippen LogP contribution in [0.3, 0.4) is 0 Å². The van der Waals surface area contributed by atoms with Gasteiger partial charge in [0, 0.05) is 13.1 Å². The number of benzene rings is 1. The van der Waals surface area contributed by atoms with Gasteiger partial charge >= 0.3 is 0 Å². The normalized spacial score (nSPS) is 20.0. The topological polar surface area (TPSA) is 23.5 Å². The first-order chi connectivity index (χ1) is 9.63. The first kappa shape index (κ1) is 14.8. The summed E-state index contributed by atoms with van der Waals surface area (Å²) in [6.45, 7) is 11.1. The maximum atomic E-state index is 10.3. The zero-order valence-electron chi connectivity index (χ0n) is 12.1. The molecule has 20 heavy (non-hydrogen) atoms. The quantitative estimate of drug-likeness (QED) is 0.799. The summed E-state index contributed by atoms with van der Waals surface area (Å²) in [5.41, 5.74) is 1.80. The molecule has 1 aliphatic heterocycles. The molecule has 2 rings (SSSR count). The second-order valence-corrected chi connectivity index (χ2v) is 5.40. The van der Waals surface area contributed by atoms with Crippen LogP contribution in [0.25, 0.3) is 0 Å². The van der Waals surface area contributed by atoms with Gasteiger partial charge < -0.3 is 5.11 Å². The van der Waals surface area contributed by atoms with Crippen molar-refractivity contribution in [3.05, 3.63) is 72.9 Å². The highest BCUT2D eigenvalue weighted by Crippen LogP contribution is 2.37. The van der Waals surface area contributed by atoms with Crippen molar-refractivity contribution < 1.29 is 5.11 Å². The number of hydrogen-bond acceptors (Lipinski definition) is 2. The lowest BCUT2D eigenvalue weighted by atomic mass is 9.85. The Morgan fingerprint density at radius 3 is 2.50 bits per heavy atom. The van der Waals surface area contributed by atoms with Crippen LogP contribution < -0.4 is 0 Å². The molecule has 2 heteroatoms. The van der Waals surface area contributed by atoms with Crippen LogP contribution in [0.15, 0.2) is 67.3 Å². The molecule has 1 heterocycles. The van der Waals surface area contributed by atoms with Crippen LogP contribution in [0.1, 0.15) is 24.9 Å². The van der Waals surface area contributed by atoms with E-state index < -0.39 is 5.60 Å². The van der Waals surface area contributed by atoms with Gasteiger partial charge in [-0.3, -0.25) is 4.90 Å². The Bertz CT molecular complexity index is 497. The predicted octanol–water partition coefficient (Wildman–Crippen LogP) is 3.48. The van der Waals surface area contributed by atoms with Gasteiger partial charge in [-0.05, 0) is 17.6 Å². The van der Waals surface area contributed by atoms with Gasteiger partial charge in [-0.15, -0.1) is 0 Å². The summed E-state index contributed by atoms with van der Waals surface area (Å²) in [5, 5.41) is 10.3. The van der Waals surface area contributed by atoms with Crippen LogP contribution in [0.2, 0.25) is 0 Å².